The van der Waals surface area contributed by atoms with E-state index in [0.717, 1.165) is 12.8 Å². The molecular formula is C13H13BrFNO4. The number of carbonyl (C=O) groups excluding carboxylic acids is 2. The van der Waals surface area contributed by atoms with Crippen molar-refractivity contribution >= 4 is 27.8 Å². The maximum atomic E-state index is 12.8. The van der Waals surface area contributed by atoms with Crippen LogP contribution in [-0.2, 0) is 14.3 Å². The second-order valence-electron chi connectivity index (χ2n) is 4.37. The van der Waals surface area contributed by atoms with Gasteiger partial charge in [-0.3, -0.25) is 4.79 Å². The normalized spacial score (nSPS) is 13.7. The third-order valence-electron chi connectivity index (χ3n) is 2.55. The molecule has 2 rings (SSSR count). The largest absolute Gasteiger partial charge is 0.481 e. The number of amides is 1. The highest BCUT2D eigenvalue weighted by molar-refractivity contribution is 9.10. The predicted molar refractivity (Wildman–Crippen MR) is 71.7 cm³/mol. The van der Waals surface area contributed by atoms with E-state index in [1.807, 2.05) is 0 Å². The number of hydrogen-bond acceptors (Lipinski definition) is 4. The van der Waals surface area contributed by atoms with E-state index in [-0.39, 0.29) is 25.2 Å². The molecule has 20 heavy (non-hydrogen) atoms. The van der Waals surface area contributed by atoms with Gasteiger partial charge in [0.25, 0.3) is 5.91 Å². The lowest BCUT2D eigenvalue weighted by molar-refractivity contribution is -0.150. The number of benzene rings is 1. The minimum Gasteiger partial charge on any atom is -0.481 e. The monoisotopic (exact) mass is 345 g/mol. The first kappa shape index (κ1) is 14.8. The SMILES string of the molecule is O=C(COC(=O)COc1ccc(F)cc1Br)NC1CC1. The van der Waals surface area contributed by atoms with Gasteiger partial charge in [0, 0.05) is 6.04 Å². The highest BCUT2D eigenvalue weighted by atomic mass is 79.9. The Labute approximate surface area is 123 Å². The number of esters is 1. The fraction of sp³-hybridized carbons (Fsp3) is 0.385. The summed E-state index contributed by atoms with van der Waals surface area (Å²) in [6, 6.07) is 4.07. The molecule has 1 amide bonds. The number of nitrogens with one attached hydrogen (secondary N) is 1. The van der Waals surface area contributed by atoms with Crippen molar-refractivity contribution in [2.24, 2.45) is 0 Å². The lowest BCUT2D eigenvalue weighted by Crippen LogP contribution is -2.31. The Balaban J connectivity index is 1.70. The molecule has 1 saturated carbocycles. The summed E-state index contributed by atoms with van der Waals surface area (Å²) in [6.07, 6.45) is 1.95. The van der Waals surface area contributed by atoms with Crippen LogP contribution < -0.4 is 10.1 Å². The molecule has 0 aliphatic heterocycles. The van der Waals surface area contributed by atoms with Crippen LogP contribution in [0.15, 0.2) is 22.7 Å². The van der Waals surface area contributed by atoms with Gasteiger partial charge in [-0.2, -0.15) is 0 Å². The number of carbonyl (C=O) groups is 2. The van der Waals surface area contributed by atoms with Crippen LogP contribution >= 0.6 is 15.9 Å². The van der Waals surface area contributed by atoms with Crippen LogP contribution in [0.1, 0.15) is 12.8 Å². The Bertz CT molecular complexity index is 519. The Kier molecular flexibility index (Phi) is 4.94. The molecule has 0 radical (unpaired) electrons. The van der Waals surface area contributed by atoms with Gasteiger partial charge in [0.15, 0.2) is 13.2 Å². The molecule has 0 aromatic heterocycles. The number of ether oxygens (including phenoxy) is 2. The Morgan fingerprint density at radius 2 is 2.10 bits per heavy atom. The molecule has 1 aromatic rings. The molecule has 0 heterocycles. The van der Waals surface area contributed by atoms with Crippen molar-refractivity contribution in [2.75, 3.05) is 13.2 Å². The smallest absolute Gasteiger partial charge is 0.344 e. The Morgan fingerprint density at radius 1 is 1.35 bits per heavy atom. The zero-order valence-electron chi connectivity index (χ0n) is 10.5. The van der Waals surface area contributed by atoms with E-state index in [0.29, 0.717) is 10.2 Å². The zero-order chi connectivity index (χ0) is 14.5. The van der Waals surface area contributed by atoms with Crippen LogP contribution in [0.4, 0.5) is 4.39 Å². The summed E-state index contributed by atoms with van der Waals surface area (Å²) >= 11 is 3.11. The molecule has 0 spiro atoms. The van der Waals surface area contributed by atoms with E-state index in [9.17, 15) is 14.0 Å². The van der Waals surface area contributed by atoms with E-state index in [1.54, 1.807) is 0 Å². The topological polar surface area (TPSA) is 64.6 Å². The zero-order valence-corrected chi connectivity index (χ0v) is 12.1. The van der Waals surface area contributed by atoms with Crippen molar-refractivity contribution in [3.8, 4) is 5.75 Å². The van der Waals surface area contributed by atoms with Crippen LogP contribution in [0, 0.1) is 5.82 Å². The summed E-state index contributed by atoms with van der Waals surface area (Å²) in [7, 11) is 0. The van der Waals surface area contributed by atoms with E-state index < -0.39 is 11.8 Å². The average molecular weight is 346 g/mol. The molecule has 0 saturated heterocycles. The lowest BCUT2D eigenvalue weighted by Gasteiger charge is -2.08. The van der Waals surface area contributed by atoms with Gasteiger partial charge < -0.3 is 14.8 Å². The molecule has 1 aliphatic rings. The number of halogens is 2. The van der Waals surface area contributed by atoms with Gasteiger partial charge in [-0.05, 0) is 47.0 Å². The standard InChI is InChI=1S/C13H13BrFNO4/c14-10-5-8(15)1-4-11(10)19-7-13(18)20-6-12(17)16-9-2-3-9/h1,4-5,9H,2-3,6-7H2,(H,16,17). The molecule has 0 atom stereocenters. The fourth-order valence-corrected chi connectivity index (χ4v) is 1.88. The Hall–Kier alpha value is -1.63. The summed E-state index contributed by atoms with van der Waals surface area (Å²) in [5, 5.41) is 2.69. The molecule has 0 bridgehead atoms. The van der Waals surface area contributed by atoms with E-state index in [1.165, 1.54) is 18.2 Å². The minimum atomic E-state index is -0.660. The van der Waals surface area contributed by atoms with Gasteiger partial charge in [0.1, 0.15) is 11.6 Å². The molecule has 1 N–H and O–H groups in total. The fourth-order valence-electron chi connectivity index (χ4n) is 1.41. The van der Waals surface area contributed by atoms with E-state index in [4.69, 9.17) is 9.47 Å². The van der Waals surface area contributed by atoms with Gasteiger partial charge in [0.2, 0.25) is 0 Å². The van der Waals surface area contributed by atoms with Gasteiger partial charge >= 0.3 is 5.97 Å². The van der Waals surface area contributed by atoms with Crippen LogP contribution in [0.2, 0.25) is 0 Å². The van der Waals surface area contributed by atoms with Crippen LogP contribution in [0.25, 0.3) is 0 Å². The maximum Gasteiger partial charge on any atom is 0.344 e. The second-order valence-corrected chi connectivity index (χ2v) is 5.22. The van der Waals surface area contributed by atoms with Gasteiger partial charge in [0.05, 0.1) is 4.47 Å². The highest BCUT2D eigenvalue weighted by Crippen LogP contribution is 2.25. The molecule has 1 fully saturated rings. The number of rotatable bonds is 6. The molecule has 108 valence electrons. The van der Waals surface area contributed by atoms with Crippen LogP contribution in [0.3, 0.4) is 0 Å². The van der Waals surface area contributed by atoms with Gasteiger partial charge in [-0.15, -0.1) is 0 Å². The summed E-state index contributed by atoms with van der Waals surface area (Å²) < 4.78 is 23.2. The third-order valence-corrected chi connectivity index (χ3v) is 3.17. The highest BCUT2D eigenvalue weighted by Gasteiger charge is 2.23. The first-order valence-corrected chi connectivity index (χ1v) is 6.87. The molecule has 1 aliphatic carbocycles. The summed E-state index contributed by atoms with van der Waals surface area (Å²) in [4.78, 5) is 22.7. The van der Waals surface area contributed by atoms with Crippen LogP contribution in [-0.4, -0.2) is 31.1 Å². The third kappa shape index (κ3) is 4.80. The van der Waals surface area contributed by atoms with E-state index >= 15 is 0 Å². The maximum absolute atomic E-state index is 12.8. The quantitative estimate of drug-likeness (QED) is 0.798. The predicted octanol–water partition coefficient (Wildman–Crippen LogP) is 1.79. The minimum absolute atomic E-state index is 0.229. The Morgan fingerprint density at radius 3 is 2.75 bits per heavy atom. The van der Waals surface area contributed by atoms with Crippen molar-refractivity contribution in [2.45, 2.75) is 18.9 Å². The molecule has 1 aromatic carbocycles. The lowest BCUT2D eigenvalue weighted by atomic mass is 10.3. The summed E-state index contributed by atoms with van der Waals surface area (Å²) in [6.45, 7) is -0.662. The van der Waals surface area contributed by atoms with Crippen molar-refractivity contribution in [3.05, 3.63) is 28.5 Å². The van der Waals surface area contributed by atoms with Crippen molar-refractivity contribution < 1.29 is 23.5 Å². The van der Waals surface area contributed by atoms with E-state index in [2.05, 4.69) is 21.2 Å². The second kappa shape index (κ2) is 6.69. The van der Waals surface area contributed by atoms with Gasteiger partial charge in [-0.25, -0.2) is 9.18 Å². The van der Waals surface area contributed by atoms with Crippen molar-refractivity contribution in [3.63, 3.8) is 0 Å². The number of hydrogen-bond donors (Lipinski definition) is 1. The first-order valence-electron chi connectivity index (χ1n) is 6.07. The van der Waals surface area contributed by atoms with Crippen LogP contribution in [0.5, 0.6) is 5.75 Å². The van der Waals surface area contributed by atoms with Crippen molar-refractivity contribution in [1.82, 2.24) is 5.32 Å². The molecule has 7 heteroatoms. The summed E-state index contributed by atoms with van der Waals surface area (Å²) in [5.41, 5.74) is 0. The molecule has 5 nitrogen and oxygen atoms in total. The van der Waals surface area contributed by atoms with Gasteiger partial charge in [-0.1, -0.05) is 0 Å². The summed E-state index contributed by atoms with van der Waals surface area (Å²) in [5.74, 6) is -1.06. The van der Waals surface area contributed by atoms with Crippen molar-refractivity contribution in [1.29, 1.82) is 0 Å². The average Bonchev–Trinajstić information content (AvgIpc) is 3.19. The molecule has 0 unspecified atom stereocenters. The molecular weight excluding hydrogens is 333 g/mol. The first-order chi connectivity index (χ1) is 9.54.